The number of aromatic nitrogens is 1. The summed E-state index contributed by atoms with van der Waals surface area (Å²) in [5.74, 6) is 0. The molecule has 0 saturated carbocycles. The second-order valence-corrected chi connectivity index (χ2v) is 12.3. The first-order chi connectivity index (χ1) is 23.7. The van der Waals surface area contributed by atoms with E-state index in [4.69, 9.17) is 23.7 Å². The third-order valence-electron chi connectivity index (χ3n) is 8.30. The van der Waals surface area contributed by atoms with E-state index in [1.807, 2.05) is 6.07 Å². The molecule has 1 aromatic heterocycles. The van der Waals surface area contributed by atoms with E-state index in [9.17, 15) is 0 Å². The van der Waals surface area contributed by atoms with Gasteiger partial charge < -0.3 is 0 Å². The summed E-state index contributed by atoms with van der Waals surface area (Å²) in [4.78, 5) is 0. The van der Waals surface area contributed by atoms with Gasteiger partial charge in [-0.15, -0.1) is 10.2 Å². The first-order valence-electron chi connectivity index (χ1n) is 15.7. The molecule has 0 fully saturated rings. The van der Waals surface area contributed by atoms with Crippen molar-refractivity contribution in [1.82, 2.24) is 0 Å². The van der Waals surface area contributed by atoms with E-state index in [1.54, 1.807) is 0 Å². The zero-order valence-corrected chi connectivity index (χ0v) is 27.6. The summed E-state index contributed by atoms with van der Waals surface area (Å²) in [6.07, 6.45) is 5.16. The topological polar surface area (TPSA) is 112 Å². The number of halogens is 1. The van der Waals surface area contributed by atoms with Crippen LogP contribution in [0.25, 0.3) is 39.7 Å². The highest BCUT2D eigenvalue weighted by molar-refractivity contribution is 6.01. The van der Waals surface area contributed by atoms with Crippen LogP contribution in [0.2, 0.25) is 0 Å². The van der Waals surface area contributed by atoms with Crippen molar-refractivity contribution in [3.63, 3.8) is 0 Å². The van der Waals surface area contributed by atoms with Crippen LogP contribution in [0.4, 0.5) is 5.69 Å². The largest absolute Gasteiger partial charge is 0.257 e. The normalized spacial score (nSPS) is 14.3. The minimum atomic E-state index is -4.94. The molecule has 0 aliphatic carbocycles. The van der Waals surface area contributed by atoms with E-state index in [2.05, 4.69) is 180 Å². The van der Waals surface area contributed by atoms with Gasteiger partial charge in [0.1, 0.15) is 7.05 Å². The second kappa shape index (κ2) is 15.2. The lowest BCUT2D eigenvalue weighted by atomic mass is 9.98. The van der Waals surface area contributed by atoms with Crippen LogP contribution in [0.3, 0.4) is 0 Å². The highest BCUT2D eigenvalue weighted by Gasteiger charge is 2.28. The van der Waals surface area contributed by atoms with Gasteiger partial charge in [-0.05, 0) is 64.7 Å². The van der Waals surface area contributed by atoms with Gasteiger partial charge in [0.05, 0.1) is 17.4 Å². The van der Waals surface area contributed by atoms with Gasteiger partial charge in [-0.25, -0.2) is 18.6 Å². The van der Waals surface area contributed by atoms with Gasteiger partial charge in [-0.3, -0.25) is 5.01 Å². The number of hydrazone groups is 1. The molecule has 49 heavy (non-hydrogen) atoms. The van der Waals surface area contributed by atoms with Gasteiger partial charge in [-0.2, -0.15) is 9.67 Å². The van der Waals surface area contributed by atoms with Crippen molar-refractivity contribution in [2.75, 3.05) is 5.01 Å². The van der Waals surface area contributed by atoms with Gasteiger partial charge in [0.15, 0.2) is 0 Å². The fourth-order valence-corrected chi connectivity index (χ4v) is 5.97. The zero-order valence-electron chi connectivity index (χ0n) is 26.8. The van der Waals surface area contributed by atoms with Crippen LogP contribution < -0.4 is 28.2 Å². The lowest BCUT2D eigenvalue weighted by molar-refractivity contribution is -2.00. The van der Waals surface area contributed by atoms with Crippen LogP contribution >= 0.6 is 0 Å². The monoisotopic (exact) mass is 667 g/mol. The number of hydrogen-bond donors (Lipinski definition) is 0. The summed E-state index contributed by atoms with van der Waals surface area (Å²) >= 11 is 0. The number of hydrogen-bond acceptors (Lipinski definition) is 6. The van der Waals surface area contributed by atoms with Crippen LogP contribution in [0.1, 0.15) is 23.6 Å². The fraction of sp³-hybridized carbons (Fsp3) is 0.0732. The van der Waals surface area contributed by atoms with Gasteiger partial charge in [-0.1, -0.05) is 115 Å². The summed E-state index contributed by atoms with van der Waals surface area (Å²) in [6.45, 7) is 0. The molecule has 1 aliphatic heterocycles. The molecule has 1 atom stereocenters. The van der Waals surface area contributed by atoms with Gasteiger partial charge >= 0.3 is 0 Å². The van der Waals surface area contributed by atoms with Crippen molar-refractivity contribution in [1.29, 1.82) is 0 Å². The number of anilines is 1. The Labute approximate surface area is 288 Å². The van der Waals surface area contributed by atoms with Gasteiger partial charge in [0, 0.05) is 29.7 Å². The van der Waals surface area contributed by atoms with E-state index in [0.29, 0.717) is 0 Å². The minimum absolute atomic E-state index is 0.141. The molecule has 0 saturated heterocycles. The molecule has 0 radical (unpaired) electrons. The van der Waals surface area contributed by atoms with Crippen molar-refractivity contribution in [2.45, 2.75) is 12.5 Å². The Bertz CT molecular complexity index is 1970. The molecule has 0 amide bonds. The van der Waals surface area contributed by atoms with E-state index < -0.39 is 10.2 Å². The molecule has 0 bridgehead atoms. The summed E-state index contributed by atoms with van der Waals surface area (Å²) in [6, 6.07) is 55.9. The van der Waals surface area contributed by atoms with Crippen molar-refractivity contribution in [3.8, 4) is 33.6 Å². The predicted octanol–water partition coefficient (Wildman–Crippen LogP) is 4.78. The summed E-state index contributed by atoms with van der Waals surface area (Å²) in [7, 11) is -2.80. The predicted molar refractivity (Wildman–Crippen MR) is 183 cm³/mol. The first-order valence-corrected chi connectivity index (χ1v) is 17.0. The van der Waals surface area contributed by atoms with Crippen molar-refractivity contribution < 1.29 is 33.4 Å². The molecule has 1 aliphatic rings. The average molecular weight is 668 g/mol. The molecule has 8 heteroatoms. The van der Waals surface area contributed by atoms with E-state index >= 15 is 0 Å². The standard InChI is InChI=1S/C41H34N3.ClHO4/c1-43-39(33-16-8-3-9-17-33)28-36(29-40(43)34-18-10-4-11-19-34)32-23-26-38(27-24-32)44-41(35-20-12-5-13-21-35)30-37(42-44)25-22-31-14-6-2-7-15-31;2-1(3,4)5/h2-29,41H,30H2,1H3;(H,2,3,4,5)/q+1;/p-1/b25-22+;. The SMILES string of the molecule is C[n+]1c(-c2ccccc2)cc(-c2ccc(N3N=C(/C=C/c4ccccc4)CC3c3ccccc3)cc2)cc1-c1ccccc1.[O-][Cl+3]([O-])([O-])[O-]. The zero-order chi connectivity index (χ0) is 34.2. The third-order valence-corrected chi connectivity index (χ3v) is 8.30. The Balaban J connectivity index is 0.000000778. The number of allylic oxidation sites excluding steroid dienone is 1. The van der Waals surface area contributed by atoms with Crippen LogP contribution in [0.15, 0.2) is 169 Å². The number of rotatable bonds is 7. The summed E-state index contributed by atoms with van der Waals surface area (Å²) in [5, 5.41) is 7.29. The molecule has 5 aromatic carbocycles. The van der Waals surface area contributed by atoms with Crippen LogP contribution in [0, 0.1) is 10.2 Å². The first kappa shape index (κ1) is 33.5. The summed E-state index contributed by atoms with van der Waals surface area (Å²) in [5.41, 5.74) is 11.7. The average Bonchev–Trinajstić information content (AvgIpc) is 3.56. The highest BCUT2D eigenvalue weighted by Crippen LogP contribution is 2.37. The van der Waals surface area contributed by atoms with Crippen LogP contribution in [-0.4, -0.2) is 5.71 Å². The summed E-state index contributed by atoms with van der Waals surface area (Å²) < 4.78 is 36.3. The molecular weight excluding hydrogens is 634 g/mol. The van der Waals surface area contributed by atoms with E-state index in [1.165, 1.54) is 44.8 Å². The molecule has 7 rings (SSSR count). The molecule has 2 heterocycles. The number of benzene rings is 5. The quantitative estimate of drug-likeness (QED) is 0.228. The van der Waals surface area contributed by atoms with Crippen LogP contribution in [-0.2, 0) is 7.05 Å². The maximum atomic E-state index is 8.49. The molecule has 244 valence electrons. The van der Waals surface area contributed by atoms with Gasteiger partial charge in [0.2, 0.25) is 11.4 Å². The molecule has 0 N–H and O–H groups in total. The Morgan fingerprint density at radius 2 is 1.06 bits per heavy atom. The third kappa shape index (κ3) is 8.74. The van der Waals surface area contributed by atoms with Crippen molar-refractivity contribution in [2.24, 2.45) is 12.1 Å². The maximum Gasteiger partial charge on any atom is 0.213 e. The lowest BCUT2D eigenvalue weighted by Crippen LogP contribution is -2.68. The Morgan fingerprint density at radius 1 is 0.592 bits per heavy atom. The molecular formula is C41H34ClN3O4. The lowest BCUT2D eigenvalue weighted by Gasteiger charge is -2.24. The minimum Gasteiger partial charge on any atom is -0.257 e. The molecule has 1 unspecified atom stereocenters. The highest BCUT2D eigenvalue weighted by atomic mass is 35.7. The fourth-order valence-electron chi connectivity index (χ4n) is 5.97. The van der Waals surface area contributed by atoms with E-state index in [-0.39, 0.29) is 6.04 Å². The Hall–Kier alpha value is -5.41. The second-order valence-electron chi connectivity index (χ2n) is 11.5. The number of nitrogens with zero attached hydrogens (tertiary/aromatic N) is 3. The Kier molecular flexibility index (Phi) is 10.4. The van der Waals surface area contributed by atoms with Gasteiger partial charge in [0.25, 0.3) is 0 Å². The number of pyridine rings is 1. The Morgan fingerprint density at radius 3 is 1.57 bits per heavy atom. The maximum absolute atomic E-state index is 8.49. The van der Waals surface area contributed by atoms with Crippen LogP contribution in [0.5, 0.6) is 0 Å². The smallest absolute Gasteiger partial charge is 0.213 e. The van der Waals surface area contributed by atoms with Crippen molar-refractivity contribution in [3.05, 3.63) is 175 Å². The molecule has 6 aromatic rings. The van der Waals surface area contributed by atoms with Crippen molar-refractivity contribution >= 4 is 17.5 Å². The molecule has 7 nitrogen and oxygen atoms in total. The van der Waals surface area contributed by atoms with E-state index in [0.717, 1.165) is 17.8 Å². The molecule has 0 spiro atoms.